The molecule has 4 atom stereocenters. The molecule has 258 valence electrons. The first-order valence-corrected chi connectivity index (χ1v) is 15.8. The molecule has 0 fully saturated rings. The quantitative estimate of drug-likeness (QED) is 0.0437. The lowest BCUT2D eigenvalue weighted by Crippen LogP contribution is -2.58. The van der Waals surface area contributed by atoms with Gasteiger partial charge < -0.3 is 48.3 Å². The number of nitrogens with two attached hydrogens (primary N) is 3. The number of nitrogens with zero attached hydrogens (tertiary/aromatic N) is 1. The first-order chi connectivity index (χ1) is 23.5. The first-order valence-electron chi connectivity index (χ1n) is 15.8. The number of aliphatic imine (C=N–C) groups is 1. The molecule has 4 aromatic rings. The van der Waals surface area contributed by atoms with Crippen LogP contribution in [0, 0.1) is 0 Å². The van der Waals surface area contributed by atoms with Crippen LogP contribution >= 0.6 is 0 Å². The molecule has 4 rings (SSSR count). The molecule has 4 unspecified atom stereocenters. The Morgan fingerprint density at radius 3 is 2.04 bits per heavy atom. The van der Waals surface area contributed by atoms with Gasteiger partial charge in [-0.15, -0.1) is 0 Å². The van der Waals surface area contributed by atoms with Gasteiger partial charge in [-0.3, -0.25) is 19.4 Å². The molecular weight excluding hydrogens is 628 g/mol. The van der Waals surface area contributed by atoms with Crippen LogP contribution in [0.4, 0.5) is 0 Å². The summed E-state index contributed by atoms with van der Waals surface area (Å²) in [5.74, 6) is -3.36. The van der Waals surface area contributed by atoms with Crippen LogP contribution in [0.1, 0.15) is 29.5 Å². The second-order valence-corrected chi connectivity index (χ2v) is 11.7. The van der Waals surface area contributed by atoms with E-state index in [0.29, 0.717) is 17.5 Å². The number of nitrogens with one attached hydrogen (secondary N) is 4. The summed E-state index contributed by atoms with van der Waals surface area (Å²) in [5.41, 5.74) is 20.0. The summed E-state index contributed by atoms with van der Waals surface area (Å²) in [7, 11) is 0. The van der Waals surface area contributed by atoms with E-state index in [0.717, 1.165) is 16.5 Å². The van der Waals surface area contributed by atoms with Crippen molar-refractivity contribution in [3.05, 3.63) is 102 Å². The van der Waals surface area contributed by atoms with Crippen molar-refractivity contribution >= 4 is 40.6 Å². The number of amides is 3. The number of phenolic OH excluding ortho intramolecular Hbond substituents is 1. The molecule has 1 aromatic heterocycles. The average Bonchev–Trinajstić information content (AvgIpc) is 3.49. The summed E-state index contributed by atoms with van der Waals surface area (Å²) in [6, 6.07) is 17.9. The van der Waals surface area contributed by atoms with E-state index in [1.807, 2.05) is 54.6 Å². The number of aliphatic carboxylic acids is 1. The number of aromatic nitrogens is 1. The van der Waals surface area contributed by atoms with E-state index in [4.69, 9.17) is 17.2 Å². The van der Waals surface area contributed by atoms with Gasteiger partial charge in [-0.05, 0) is 54.2 Å². The Hall–Kier alpha value is -5.89. The number of guanidine groups is 1. The van der Waals surface area contributed by atoms with Crippen LogP contribution in [0.2, 0.25) is 0 Å². The van der Waals surface area contributed by atoms with Crippen molar-refractivity contribution in [3.63, 3.8) is 0 Å². The van der Waals surface area contributed by atoms with Crippen molar-refractivity contribution in [1.29, 1.82) is 0 Å². The lowest BCUT2D eigenvalue weighted by molar-refractivity contribution is -0.142. The Morgan fingerprint density at radius 1 is 0.735 bits per heavy atom. The molecule has 14 heteroatoms. The van der Waals surface area contributed by atoms with Gasteiger partial charge in [-0.25, -0.2) is 4.79 Å². The van der Waals surface area contributed by atoms with Gasteiger partial charge >= 0.3 is 5.97 Å². The topological polar surface area (TPSA) is 251 Å². The zero-order valence-electron chi connectivity index (χ0n) is 26.8. The van der Waals surface area contributed by atoms with Gasteiger partial charge in [0.1, 0.15) is 23.9 Å². The molecule has 1 heterocycles. The first kappa shape index (κ1) is 36.0. The van der Waals surface area contributed by atoms with Crippen LogP contribution in [0.25, 0.3) is 10.9 Å². The Balaban J connectivity index is 1.56. The fraction of sp³-hybridized carbons (Fsp3) is 0.286. The fourth-order valence-electron chi connectivity index (χ4n) is 5.35. The summed E-state index contributed by atoms with van der Waals surface area (Å²) in [5, 5.41) is 28.4. The van der Waals surface area contributed by atoms with E-state index in [-0.39, 0.29) is 43.9 Å². The number of carboxylic acids is 1. The number of carboxylic acid groups (broad SMARTS) is 1. The summed E-state index contributed by atoms with van der Waals surface area (Å²) in [6.07, 6.45) is 2.33. The zero-order valence-corrected chi connectivity index (χ0v) is 26.8. The van der Waals surface area contributed by atoms with E-state index >= 15 is 0 Å². The Morgan fingerprint density at radius 2 is 1.35 bits per heavy atom. The number of fused-ring (bicyclic) bond motifs is 1. The predicted octanol–water partition coefficient (Wildman–Crippen LogP) is 0.821. The second-order valence-electron chi connectivity index (χ2n) is 11.7. The molecular formula is C35H42N8O6. The monoisotopic (exact) mass is 670 g/mol. The van der Waals surface area contributed by atoms with Gasteiger partial charge in [0.2, 0.25) is 17.7 Å². The number of phenols is 1. The molecule has 3 amide bonds. The maximum atomic E-state index is 13.9. The normalized spacial score (nSPS) is 13.4. The van der Waals surface area contributed by atoms with Crippen molar-refractivity contribution in [1.82, 2.24) is 20.9 Å². The molecule has 0 aliphatic rings. The highest BCUT2D eigenvalue weighted by atomic mass is 16.4. The van der Waals surface area contributed by atoms with Crippen molar-refractivity contribution in [2.45, 2.75) is 56.3 Å². The van der Waals surface area contributed by atoms with Crippen LogP contribution in [0.5, 0.6) is 5.75 Å². The number of rotatable bonds is 17. The molecule has 0 aliphatic heterocycles. The van der Waals surface area contributed by atoms with Gasteiger partial charge in [0.15, 0.2) is 5.96 Å². The minimum Gasteiger partial charge on any atom is -0.508 e. The van der Waals surface area contributed by atoms with Crippen molar-refractivity contribution in [3.8, 4) is 5.75 Å². The van der Waals surface area contributed by atoms with Crippen molar-refractivity contribution < 1.29 is 29.4 Å². The molecule has 49 heavy (non-hydrogen) atoms. The lowest BCUT2D eigenvalue weighted by Gasteiger charge is -2.25. The summed E-state index contributed by atoms with van der Waals surface area (Å²) in [4.78, 5) is 60.2. The van der Waals surface area contributed by atoms with E-state index in [2.05, 4.69) is 25.9 Å². The molecule has 12 N–H and O–H groups in total. The number of aromatic amines is 1. The fourth-order valence-corrected chi connectivity index (χ4v) is 5.35. The maximum Gasteiger partial charge on any atom is 0.326 e. The number of aromatic hydroxyl groups is 1. The minimum atomic E-state index is -1.34. The molecule has 14 nitrogen and oxygen atoms in total. The van der Waals surface area contributed by atoms with Crippen LogP contribution in [-0.4, -0.2) is 75.6 Å². The van der Waals surface area contributed by atoms with E-state index < -0.39 is 47.9 Å². The van der Waals surface area contributed by atoms with Crippen molar-refractivity contribution in [2.75, 3.05) is 6.54 Å². The second kappa shape index (κ2) is 17.3. The number of para-hydroxylation sites is 1. The summed E-state index contributed by atoms with van der Waals surface area (Å²) >= 11 is 0. The highest BCUT2D eigenvalue weighted by Gasteiger charge is 2.31. The molecule has 0 saturated heterocycles. The maximum absolute atomic E-state index is 13.9. The molecule has 0 aliphatic carbocycles. The number of carbonyl (C=O) groups excluding carboxylic acids is 3. The smallest absolute Gasteiger partial charge is 0.326 e. The van der Waals surface area contributed by atoms with Gasteiger partial charge in [0.25, 0.3) is 0 Å². The Bertz CT molecular complexity index is 1750. The third kappa shape index (κ3) is 10.8. The lowest BCUT2D eigenvalue weighted by atomic mass is 10.0. The highest BCUT2D eigenvalue weighted by molar-refractivity contribution is 5.95. The molecule has 0 radical (unpaired) electrons. The number of benzene rings is 3. The predicted molar refractivity (Wildman–Crippen MR) is 185 cm³/mol. The van der Waals surface area contributed by atoms with Crippen LogP contribution in [0.15, 0.2) is 90.1 Å². The van der Waals surface area contributed by atoms with Crippen LogP contribution in [-0.2, 0) is 38.4 Å². The van der Waals surface area contributed by atoms with E-state index in [1.165, 1.54) is 12.1 Å². The van der Waals surface area contributed by atoms with Gasteiger partial charge in [0.05, 0.1) is 6.04 Å². The third-order valence-electron chi connectivity index (χ3n) is 7.94. The Kier molecular flexibility index (Phi) is 12.7. The minimum absolute atomic E-state index is 0.00925. The van der Waals surface area contributed by atoms with Crippen LogP contribution < -0.4 is 33.2 Å². The number of H-pyrrole nitrogens is 1. The van der Waals surface area contributed by atoms with Gasteiger partial charge in [-0.2, -0.15) is 0 Å². The molecule has 0 bridgehead atoms. The SMILES string of the molecule is NC(N)=NCCCC(NC(=O)C(N)Cc1ccccc1)C(=O)NC(Cc1c[nH]c2ccccc12)C(=O)NC(Cc1ccc(O)cc1)C(=O)O. The van der Waals surface area contributed by atoms with Crippen molar-refractivity contribution in [2.24, 2.45) is 22.2 Å². The number of carbonyl (C=O) groups is 4. The molecule has 3 aromatic carbocycles. The average molecular weight is 671 g/mol. The largest absolute Gasteiger partial charge is 0.508 e. The third-order valence-corrected chi connectivity index (χ3v) is 7.94. The summed E-state index contributed by atoms with van der Waals surface area (Å²) in [6.45, 7) is 0.189. The molecule has 0 spiro atoms. The van der Waals surface area contributed by atoms with E-state index in [1.54, 1.807) is 18.3 Å². The number of hydrogen-bond donors (Lipinski definition) is 9. The zero-order chi connectivity index (χ0) is 35.3. The number of hydrogen-bond acceptors (Lipinski definition) is 7. The van der Waals surface area contributed by atoms with E-state index in [9.17, 15) is 29.4 Å². The summed E-state index contributed by atoms with van der Waals surface area (Å²) < 4.78 is 0. The van der Waals surface area contributed by atoms with Crippen LogP contribution in [0.3, 0.4) is 0 Å². The standard InChI is InChI=1S/C35H42N8O6/c36-26(17-21-7-2-1-3-8-21)31(45)41-28(11-6-16-39-35(37)38)32(46)42-29(19-23-20-40-27-10-5-4-9-25(23)27)33(47)43-30(34(48)49)18-22-12-14-24(44)15-13-22/h1-5,7-10,12-15,20,26,28-30,40,44H,6,11,16-19,36H2,(H,41,45)(H,42,46)(H,43,47)(H,48,49)(H4,37,38,39). The molecule has 0 saturated carbocycles. The van der Waals surface area contributed by atoms with Gasteiger partial charge in [-0.1, -0.05) is 60.7 Å². The Labute approximate surface area is 283 Å². The highest BCUT2D eigenvalue weighted by Crippen LogP contribution is 2.20. The van der Waals surface area contributed by atoms with Gasteiger partial charge in [0, 0.05) is 36.5 Å².